The van der Waals surface area contributed by atoms with Crippen LogP contribution in [0.5, 0.6) is 5.75 Å². The van der Waals surface area contributed by atoms with Gasteiger partial charge in [-0.05, 0) is 24.3 Å². The summed E-state index contributed by atoms with van der Waals surface area (Å²) in [6.45, 7) is 0. The summed E-state index contributed by atoms with van der Waals surface area (Å²) in [6, 6.07) is 10.1. The van der Waals surface area contributed by atoms with Gasteiger partial charge in [0, 0.05) is 6.07 Å². The molecule has 3 rings (SSSR count). The highest BCUT2D eigenvalue weighted by Crippen LogP contribution is 2.23. The van der Waals surface area contributed by atoms with Crippen molar-refractivity contribution < 1.29 is 18.3 Å². The second kappa shape index (κ2) is 7.56. The predicted octanol–water partition coefficient (Wildman–Crippen LogP) is 3.76. The molecule has 2 aromatic carbocycles. The van der Waals surface area contributed by atoms with E-state index in [-0.39, 0.29) is 17.2 Å². The summed E-state index contributed by atoms with van der Waals surface area (Å²) in [4.78, 5) is 20.3. The van der Waals surface area contributed by atoms with E-state index >= 15 is 0 Å². The van der Waals surface area contributed by atoms with Gasteiger partial charge in [0.25, 0.3) is 5.91 Å². The van der Waals surface area contributed by atoms with Crippen molar-refractivity contribution in [2.75, 3.05) is 17.7 Å². The Hall–Kier alpha value is -3.55. The van der Waals surface area contributed by atoms with Gasteiger partial charge < -0.3 is 15.4 Å². The molecule has 8 heteroatoms. The average molecular weight is 356 g/mol. The van der Waals surface area contributed by atoms with Crippen LogP contribution in [-0.2, 0) is 0 Å². The Morgan fingerprint density at radius 2 is 1.85 bits per heavy atom. The molecule has 1 aromatic heterocycles. The Kier molecular flexibility index (Phi) is 5.02. The van der Waals surface area contributed by atoms with Crippen LogP contribution in [-0.4, -0.2) is 23.0 Å². The van der Waals surface area contributed by atoms with Crippen molar-refractivity contribution in [3.8, 4) is 5.75 Å². The molecule has 1 heterocycles. The van der Waals surface area contributed by atoms with E-state index in [0.717, 1.165) is 12.1 Å². The number of para-hydroxylation sites is 2. The molecule has 6 nitrogen and oxygen atoms in total. The Balaban J connectivity index is 1.71. The fourth-order valence-electron chi connectivity index (χ4n) is 2.17. The Bertz CT molecular complexity index is 933. The number of nitrogens with one attached hydrogen (secondary N) is 2. The van der Waals surface area contributed by atoms with Crippen LogP contribution < -0.4 is 15.4 Å². The molecule has 0 saturated carbocycles. The highest BCUT2D eigenvalue weighted by atomic mass is 19.1. The number of ether oxygens (including phenoxy) is 1. The van der Waals surface area contributed by atoms with E-state index in [9.17, 15) is 13.6 Å². The van der Waals surface area contributed by atoms with Crippen LogP contribution in [0.2, 0.25) is 0 Å². The van der Waals surface area contributed by atoms with Crippen molar-refractivity contribution in [1.29, 1.82) is 0 Å². The summed E-state index contributed by atoms with van der Waals surface area (Å²) in [5.41, 5.74) is 0.616. The summed E-state index contributed by atoms with van der Waals surface area (Å²) in [7, 11) is 1.50. The SMILES string of the molecule is COc1ccccc1NC(=O)c1cnc(Nc2ccc(F)cc2F)cn1. The number of nitrogens with zero attached hydrogens (tertiary/aromatic N) is 2. The number of benzene rings is 2. The maximum absolute atomic E-state index is 13.6. The number of carbonyl (C=O) groups is 1. The van der Waals surface area contributed by atoms with Crippen molar-refractivity contribution in [3.63, 3.8) is 0 Å². The summed E-state index contributed by atoms with van der Waals surface area (Å²) in [6.07, 6.45) is 2.52. The highest BCUT2D eigenvalue weighted by Gasteiger charge is 2.12. The third-order valence-corrected chi connectivity index (χ3v) is 3.43. The largest absolute Gasteiger partial charge is 0.495 e. The average Bonchev–Trinajstić information content (AvgIpc) is 2.65. The molecule has 0 aliphatic heterocycles. The van der Waals surface area contributed by atoms with Crippen LogP contribution in [0.3, 0.4) is 0 Å². The number of anilines is 3. The van der Waals surface area contributed by atoms with Gasteiger partial charge >= 0.3 is 0 Å². The normalized spacial score (nSPS) is 10.3. The van der Waals surface area contributed by atoms with Gasteiger partial charge in [0.15, 0.2) is 0 Å². The molecular formula is C18H14F2N4O2. The molecule has 0 aliphatic rings. The minimum atomic E-state index is -0.759. The first kappa shape index (κ1) is 17.3. The number of aromatic nitrogens is 2. The maximum Gasteiger partial charge on any atom is 0.275 e. The number of rotatable bonds is 5. The van der Waals surface area contributed by atoms with E-state index in [1.54, 1.807) is 24.3 Å². The first-order chi connectivity index (χ1) is 12.6. The lowest BCUT2D eigenvalue weighted by molar-refractivity contribution is 0.102. The van der Waals surface area contributed by atoms with Crippen molar-refractivity contribution in [2.24, 2.45) is 0 Å². The molecule has 26 heavy (non-hydrogen) atoms. The zero-order valence-corrected chi connectivity index (χ0v) is 13.7. The summed E-state index contributed by atoms with van der Waals surface area (Å²) in [5, 5.41) is 5.34. The van der Waals surface area contributed by atoms with Gasteiger partial charge in [0.2, 0.25) is 0 Å². The first-order valence-electron chi connectivity index (χ1n) is 7.55. The van der Waals surface area contributed by atoms with Gasteiger partial charge in [-0.25, -0.2) is 18.7 Å². The van der Waals surface area contributed by atoms with Crippen molar-refractivity contribution in [1.82, 2.24) is 9.97 Å². The van der Waals surface area contributed by atoms with E-state index in [2.05, 4.69) is 20.6 Å². The van der Waals surface area contributed by atoms with Crippen LogP contribution in [0.25, 0.3) is 0 Å². The molecule has 132 valence electrons. The topological polar surface area (TPSA) is 76.1 Å². The molecule has 0 atom stereocenters. The second-order valence-corrected chi connectivity index (χ2v) is 5.19. The van der Waals surface area contributed by atoms with E-state index in [1.807, 2.05) is 0 Å². The fourth-order valence-corrected chi connectivity index (χ4v) is 2.17. The van der Waals surface area contributed by atoms with E-state index < -0.39 is 17.5 Å². The molecule has 0 aliphatic carbocycles. The lowest BCUT2D eigenvalue weighted by atomic mass is 10.3. The van der Waals surface area contributed by atoms with Gasteiger partial charge in [-0.15, -0.1) is 0 Å². The zero-order chi connectivity index (χ0) is 18.5. The number of hydrogen-bond donors (Lipinski definition) is 2. The fraction of sp³-hybridized carbons (Fsp3) is 0.0556. The van der Waals surface area contributed by atoms with E-state index in [4.69, 9.17) is 4.74 Å². The molecule has 0 saturated heterocycles. The minimum Gasteiger partial charge on any atom is -0.495 e. The predicted molar refractivity (Wildman–Crippen MR) is 92.6 cm³/mol. The van der Waals surface area contributed by atoms with Crippen LogP contribution in [0.1, 0.15) is 10.5 Å². The molecule has 3 aromatic rings. The van der Waals surface area contributed by atoms with Crippen molar-refractivity contribution in [3.05, 3.63) is 72.2 Å². The minimum absolute atomic E-state index is 0.0481. The van der Waals surface area contributed by atoms with Crippen LogP contribution >= 0.6 is 0 Å². The van der Waals surface area contributed by atoms with E-state index in [0.29, 0.717) is 11.4 Å². The maximum atomic E-state index is 13.6. The van der Waals surface area contributed by atoms with Crippen molar-refractivity contribution in [2.45, 2.75) is 0 Å². The van der Waals surface area contributed by atoms with Gasteiger partial charge in [0.1, 0.15) is 28.9 Å². The molecule has 0 fully saturated rings. The third kappa shape index (κ3) is 3.92. The second-order valence-electron chi connectivity index (χ2n) is 5.19. The summed E-state index contributed by atoms with van der Waals surface area (Å²) in [5.74, 6) is -1.18. The van der Waals surface area contributed by atoms with Gasteiger partial charge in [0.05, 0.1) is 30.9 Å². The Labute approximate surface area is 147 Å². The Morgan fingerprint density at radius 1 is 1.04 bits per heavy atom. The lowest BCUT2D eigenvalue weighted by Gasteiger charge is -2.10. The molecule has 1 amide bonds. The molecule has 0 bridgehead atoms. The standard InChI is InChI=1S/C18H14F2N4O2/c1-26-16-5-3-2-4-14(16)24-18(25)15-9-22-17(10-21-15)23-13-7-6-11(19)8-12(13)20/h2-10H,1H3,(H,22,23)(H,24,25). The number of carbonyl (C=O) groups excluding carboxylic acids is 1. The Morgan fingerprint density at radius 3 is 2.54 bits per heavy atom. The number of amides is 1. The summed E-state index contributed by atoms with van der Waals surface area (Å²) >= 11 is 0. The summed E-state index contributed by atoms with van der Waals surface area (Å²) < 4.78 is 31.7. The van der Waals surface area contributed by atoms with Crippen molar-refractivity contribution >= 4 is 23.1 Å². The number of methoxy groups -OCH3 is 1. The van der Waals surface area contributed by atoms with Gasteiger partial charge in [-0.2, -0.15) is 0 Å². The van der Waals surface area contributed by atoms with E-state index in [1.165, 1.54) is 25.6 Å². The number of halogens is 2. The molecule has 0 unspecified atom stereocenters. The molecule has 0 spiro atoms. The van der Waals surface area contributed by atoms with Gasteiger partial charge in [-0.1, -0.05) is 12.1 Å². The van der Waals surface area contributed by atoms with Crippen LogP contribution in [0.15, 0.2) is 54.9 Å². The highest BCUT2D eigenvalue weighted by molar-refractivity contribution is 6.03. The quantitative estimate of drug-likeness (QED) is 0.728. The molecule has 0 radical (unpaired) electrons. The monoisotopic (exact) mass is 356 g/mol. The molecule has 2 N–H and O–H groups in total. The number of hydrogen-bond acceptors (Lipinski definition) is 5. The van der Waals surface area contributed by atoms with Crippen LogP contribution in [0, 0.1) is 11.6 Å². The zero-order valence-electron chi connectivity index (χ0n) is 13.7. The smallest absolute Gasteiger partial charge is 0.275 e. The first-order valence-corrected chi connectivity index (χ1v) is 7.55. The third-order valence-electron chi connectivity index (χ3n) is 3.43. The van der Waals surface area contributed by atoms with Gasteiger partial charge in [-0.3, -0.25) is 4.79 Å². The molecular weight excluding hydrogens is 342 g/mol. The van der Waals surface area contributed by atoms with Crippen LogP contribution in [0.4, 0.5) is 26.0 Å². The lowest BCUT2D eigenvalue weighted by Crippen LogP contribution is -2.15.